The predicted molar refractivity (Wildman–Crippen MR) is 29.9 cm³/mol. The van der Waals surface area contributed by atoms with Crippen LogP contribution in [0, 0.1) is 0 Å². The second-order valence-electron chi connectivity index (χ2n) is 1.60. The number of hydrogen-bond donors (Lipinski definition) is 2. The first-order valence-electron chi connectivity index (χ1n) is 2.74. The second kappa shape index (κ2) is 5.94. The van der Waals surface area contributed by atoms with Crippen LogP contribution in [0.1, 0.15) is 0 Å². The van der Waals surface area contributed by atoms with Crippen molar-refractivity contribution in [3.8, 4) is 0 Å². The SMILES string of the molecule is OCC(O)COCCF. The maximum absolute atomic E-state index is 11.3. The number of aliphatic hydroxyl groups excluding tert-OH is 2. The van der Waals surface area contributed by atoms with Gasteiger partial charge in [0.1, 0.15) is 12.8 Å². The Labute approximate surface area is 53.1 Å². The predicted octanol–water partition coefficient (Wildman–Crippen LogP) is -0.674. The Hall–Kier alpha value is -0.190. The van der Waals surface area contributed by atoms with Crippen LogP contribution in [0.5, 0.6) is 0 Å². The van der Waals surface area contributed by atoms with Gasteiger partial charge in [-0.05, 0) is 0 Å². The molecule has 0 fully saturated rings. The lowest BCUT2D eigenvalue weighted by Gasteiger charge is -2.05. The fourth-order valence-electron chi connectivity index (χ4n) is 0.327. The Morgan fingerprint density at radius 1 is 1.56 bits per heavy atom. The molecule has 0 aromatic rings. The molecule has 4 heteroatoms. The molecule has 0 heterocycles. The quantitative estimate of drug-likeness (QED) is 0.495. The standard InChI is InChI=1S/C5H11FO3/c6-1-2-9-4-5(8)3-7/h5,7-8H,1-4H2. The summed E-state index contributed by atoms with van der Waals surface area (Å²) in [5.41, 5.74) is 0. The smallest absolute Gasteiger partial charge is 0.113 e. The van der Waals surface area contributed by atoms with Gasteiger partial charge in [-0.2, -0.15) is 0 Å². The zero-order valence-corrected chi connectivity index (χ0v) is 5.09. The normalized spacial score (nSPS) is 13.7. The lowest BCUT2D eigenvalue weighted by Crippen LogP contribution is -2.19. The minimum absolute atomic E-state index is 0.000417. The number of halogens is 1. The van der Waals surface area contributed by atoms with Crippen molar-refractivity contribution >= 4 is 0 Å². The Balaban J connectivity index is 2.88. The number of alkyl halides is 1. The lowest BCUT2D eigenvalue weighted by molar-refractivity contribution is 0.00293. The van der Waals surface area contributed by atoms with Crippen LogP contribution in [0.4, 0.5) is 4.39 Å². The van der Waals surface area contributed by atoms with E-state index in [1.807, 2.05) is 0 Å². The van der Waals surface area contributed by atoms with Crippen molar-refractivity contribution in [3.63, 3.8) is 0 Å². The maximum Gasteiger partial charge on any atom is 0.113 e. The van der Waals surface area contributed by atoms with Gasteiger partial charge in [0.15, 0.2) is 0 Å². The second-order valence-corrected chi connectivity index (χ2v) is 1.60. The van der Waals surface area contributed by atoms with Gasteiger partial charge < -0.3 is 14.9 Å². The zero-order valence-electron chi connectivity index (χ0n) is 5.09. The van der Waals surface area contributed by atoms with Gasteiger partial charge in [0.05, 0.1) is 19.8 Å². The van der Waals surface area contributed by atoms with Crippen molar-refractivity contribution in [1.29, 1.82) is 0 Å². The summed E-state index contributed by atoms with van der Waals surface area (Å²) in [5.74, 6) is 0. The molecule has 0 radical (unpaired) electrons. The summed E-state index contributed by atoms with van der Waals surface area (Å²) in [6.07, 6.45) is -0.878. The van der Waals surface area contributed by atoms with Crippen LogP contribution in [0.25, 0.3) is 0 Å². The number of hydrogen-bond acceptors (Lipinski definition) is 3. The first kappa shape index (κ1) is 8.81. The minimum Gasteiger partial charge on any atom is -0.394 e. The van der Waals surface area contributed by atoms with E-state index in [4.69, 9.17) is 10.2 Å². The first-order valence-corrected chi connectivity index (χ1v) is 2.74. The third kappa shape index (κ3) is 5.68. The Bertz CT molecular complexity index is 60.2. The van der Waals surface area contributed by atoms with Crippen LogP contribution in [0.15, 0.2) is 0 Å². The number of aliphatic hydroxyl groups is 2. The van der Waals surface area contributed by atoms with E-state index >= 15 is 0 Å². The molecule has 0 rings (SSSR count). The average Bonchev–Trinajstić information content (AvgIpc) is 1.89. The molecule has 2 N–H and O–H groups in total. The van der Waals surface area contributed by atoms with Gasteiger partial charge in [-0.25, -0.2) is 4.39 Å². The van der Waals surface area contributed by atoms with Crippen molar-refractivity contribution < 1.29 is 19.3 Å². The van der Waals surface area contributed by atoms with Crippen molar-refractivity contribution in [2.24, 2.45) is 0 Å². The Kier molecular flexibility index (Phi) is 5.81. The van der Waals surface area contributed by atoms with Gasteiger partial charge in [-0.15, -0.1) is 0 Å². The van der Waals surface area contributed by atoms with Gasteiger partial charge in [-0.3, -0.25) is 0 Å². The van der Waals surface area contributed by atoms with Gasteiger partial charge in [0, 0.05) is 0 Å². The topological polar surface area (TPSA) is 49.7 Å². The highest BCUT2D eigenvalue weighted by molar-refractivity contribution is 4.47. The lowest BCUT2D eigenvalue weighted by atomic mass is 10.4. The van der Waals surface area contributed by atoms with Crippen molar-refractivity contribution in [3.05, 3.63) is 0 Å². The average molecular weight is 138 g/mol. The van der Waals surface area contributed by atoms with E-state index in [1.54, 1.807) is 0 Å². The van der Waals surface area contributed by atoms with E-state index in [9.17, 15) is 4.39 Å². The summed E-state index contributed by atoms with van der Waals surface area (Å²) in [5, 5.41) is 16.8. The summed E-state index contributed by atoms with van der Waals surface area (Å²) in [4.78, 5) is 0. The van der Waals surface area contributed by atoms with E-state index in [1.165, 1.54) is 0 Å². The molecule has 56 valence electrons. The summed E-state index contributed by atoms with van der Waals surface area (Å²) in [7, 11) is 0. The van der Waals surface area contributed by atoms with Crippen LogP contribution in [-0.2, 0) is 4.74 Å². The molecule has 0 saturated heterocycles. The summed E-state index contributed by atoms with van der Waals surface area (Å²) in [6.45, 7) is -0.915. The van der Waals surface area contributed by atoms with Gasteiger partial charge in [-0.1, -0.05) is 0 Å². The molecule has 0 bridgehead atoms. The molecule has 3 nitrogen and oxygen atoms in total. The van der Waals surface area contributed by atoms with E-state index in [0.717, 1.165) is 0 Å². The molecule has 0 aromatic carbocycles. The van der Waals surface area contributed by atoms with Crippen LogP contribution in [0.3, 0.4) is 0 Å². The summed E-state index contributed by atoms with van der Waals surface area (Å²) >= 11 is 0. The highest BCUT2D eigenvalue weighted by Crippen LogP contribution is 1.82. The molecule has 0 spiro atoms. The maximum atomic E-state index is 11.3. The molecular weight excluding hydrogens is 127 g/mol. The van der Waals surface area contributed by atoms with Crippen LogP contribution in [0.2, 0.25) is 0 Å². The van der Waals surface area contributed by atoms with Gasteiger partial charge >= 0.3 is 0 Å². The van der Waals surface area contributed by atoms with E-state index in [2.05, 4.69) is 4.74 Å². The fraction of sp³-hybridized carbons (Fsp3) is 1.00. The molecule has 9 heavy (non-hydrogen) atoms. The van der Waals surface area contributed by atoms with Crippen molar-refractivity contribution in [2.75, 3.05) is 26.5 Å². The van der Waals surface area contributed by atoms with E-state index in [0.29, 0.717) is 0 Å². The van der Waals surface area contributed by atoms with Crippen molar-refractivity contribution in [1.82, 2.24) is 0 Å². The molecule has 1 atom stereocenters. The number of ether oxygens (including phenoxy) is 1. The first-order chi connectivity index (χ1) is 4.31. The third-order valence-electron chi connectivity index (χ3n) is 0.742. The highest BCUT2D eigenvalue weighted by Gasteiger charge is 1.99. The molecule has 0 aliphatic carbocycles. The van der Waals surface area contributed by atoms with Gasteiger partial charge in [0.2, 0.25) is 0 Å². The van der Waals surface area contributed by atoms with Crippen LogP contribution in [-0.4, -0.2) is 42.8 Å². The van der Waals surface area contributed by atoms with E-state index in [-0.39, 0.29) is 19.8 Å². The minimum atomic E-state index is -0.878. The fourth-order valence-corrected chi connectivity index (χ4v) is 0.327. The van der Waals surface area contributed by atoms with Crippen LogP contribution >= 0.6 is 0 Å². The third-order valence-corrected chi connectivity index (χ3v) is 0.742. The zero-order chi connectivity index (χ0) is 7.11. The molecule has 0 aliphatic rings. The molecule has 1 unspecified atom stereocenters. The molecular formula is C5H11FO3. The molecule has 0 saturated carbocycles. The summed E-state index contributed by atoms with van der Waals surface area (Å²) < 4.78 is 15.8. The van der Waals surface area contributed by atoms with Crippen LogP contribution < -0.4 is 0 Å². The Morgan fingerprint density at radius 3 is 2.67 bits per heavy atom. The molecule has 0 aromatic heterocycles. The van der Waals surface area contributed by atoms with E-state index < -0.39 is 12.8 Å². The monoisotopic (exact) mass is 138 g/mol. The Morgan fingerprint density at radius 2 is 2.22 bits per heavy atom. The largest absolute Gasteiger partial charge is 0.394 e. The molecule has 0 aliphatic heterocycles. The van der Waals surface area contributed by atoms with Crippen molar-refractivity contribution in [2.45, 2.75) is 6.10 Å². The highest BCUT2D eigenvalue weighted by atomic mass is 19.1. The molecule has 0 amide bonds. The summed E-state index contributed by atoms with van der Waals surface area (Å²) in [6, 6.07) is 0. The number of rotatable bonds is 5. The van der Waals surface area contributed by atoms with Gasteiger partial charge in [0.25, 0.3) is 0 Å².